The molecule has 19 heavy (non-hydrogen) atoms. The van der Waals surface area contributed by atoms with Crippen LogP contribution in [0, 0.1) is 0 Å². The molecule has 0 saturated carbocycles. The molecule has 1 aromatic carbocycles. The summed E-state index contributed by atoms with van der Waals surface area (Å²) in [4.78, 5) is 35.3. The van der Waals surface area contributed by atoms with Gasteiger partial charge < -0.3 is 15.3 Å². The molecular formula is C13H16N2O4. The number of carboxylic acids is 1. The molecule has 0 aliphatic heterocycles. The predicted octanol–water partition coefficient (Wildman–Crippen LogP) is 0.593. The first-order chi connectivity index (χ1) is 8.95. The van der Waals surface area contributed by atoms with E-state index in [1.807, 2.05) is 0 Å². The van der Waals surface area contributed by atoms with Crippen LogP contribution in [-0.4, -0.2) is 47.9 Å². The van der Waals surface area contributed by atoms with Gasteiger partial charge in [0.1, 0.15) is 0 Å². The molecule has 0 fully saturated rings. The van der Waals surface area contributed by atoms with E-state index in [1.165, 1.54) is 36.2 Å². The van der Waals surface area contributed by atoms with E-state index in [0.29, 0.717) is 12.1 Å². The Labute approximate surface area is 111 Å². The fourth-order valence-electron chi connectivity index (χ4n) is 1.52. The third-order valence-corrected chi connectivity index (χ3v) is 2.48. The average molecular weight is 264 g/mol. The van der Waals surface area contributed by atoms with Gasteiger partial charge in [-0.25, -0.2) is 4.79 Å². The molecule has 0 aliphatic rings. The second-order valence-electron chi connectivity index (χ2n) is 4.00. The van der Waals surface area contributed by atoms with Gasteiger partial charge in [-0.05, 0) is 31.2 Å². The largest absolute Gasteiger partial charge is 0.478 e. The minimum atomic E-state index is -1.05. The van der Waals surface area contributed by atoms with E-state index in [4.69, 9.17) is 5.11 Å². The molecule has 0 atom stereocenters. The monoisotopic (exact) mass is 264 g/mol. The van der Waals surface area contributed by atoms with Crippen molar-refractivity contribution < 1.29 is 19.5 Å². The number of aromatic carboxylic acids is 1. The maximum atomic E-state index is 12.0. The Morgan fingerprint density at radius 2 is 1.68 bits per heavy atom. The van der Waals surface area contributed by atoms with E-state index in [1.54, 1.807) is 6.92 Å². The second-order valence-corrected chi connectivity index (χ2v) is 4.00. The Morgan fingerprint density at radius 3 is 2.16 bits per heavy atom. The summed E-state index contributed by atoms with van der Waals surface area (Å²) in [6.07, 6.45) is 0. The zero-order chi connectivity index (χ0) is 14.4. The van der Waals surface area contributed by atoms with Gasteiger partial charge in [-0.15, -0.1) is 0 Å². The van der Waals surface area contributed by atoms with Crippen molar-refractivity contribution >= 4 is 17.8 Å². The predicted molar refractivity (Wildman–Crippen MR) is 69.0 cm³/mol. The zero-order valence-corrected chi connectivity index (χ0v) is 10.8. The van der Waals surface area contributed by atoms with Gasteiger partial charge in [-0.2, -0.15) is 0 Å². The number of hydrogen-bond acceptors (Lipinski definition) is 3. The number of amides is 2. The smallest absolute Gasteiger partial charge is 0.335 e. The molecule has 6 nitrogen and oxygen atoms in total. The molecule has 0 heterocycles. The van der Waals surface area contributed by atoms with Crippen LogP contribution >= 0.6 is 0 Å². The summed E-state index contributed by atoms with van der Waals surface area (Å²) in [6, 6.07) is 5.57. The fourth-order valence-corrected chi connectivity index (χ4v) is 1.52. The van der Waals surface area contributed by atoms with E-state index < -0.39 is 5.97 Å². The van der Waals surface area contributed by atoms with Crippen LogP contribution in [0.15, 0.2) is 24.3 Å². The van der Waals surface area contributed by atoms with Crippen LogP contribution in [0.5, 0.6) is 0 Å². The lowest BCUT2D eigenvalue weighted by Gasteiger charge is -2.16. The van der Waals surface area contributed by atoms with Gasteiger partial charge in [-0.3, -0.25) is 9.59 Å². The van der Waals surface area contributed by atoms with Crippen LogP contribution in [0.4, 0.5) is 0 Å². The number of nitrogens with one attached hydrogen (secondary N) is 1. The Balaban J connectivity index is 2.71. The highest BCUT2D eigenvalue weighted by molar-refractivity contribution is 5.97. The molecule has 0 aliphatic carbocycles. The molecule has 0 unspecified atom stereocenters. The standard InChI is InChI=1S/C13H16N2O4/c1-3-14-11(16)8-15(2)12(17)9-4-6-10(7-5-9)13(18)19/h4-7H,3,8H2,1-2H3,(H,14,16)(H,18,19). The lowest BCUT2D eigenvalue weighted by molar-refractivity contribution is -0.121. The van der Waals surface area contributed by atoms with Crippen molar-refractivity contribution in [2.24, 2.45) is 0 Å². The minimum absolute atomic E-state index is 0.0344. The van der Waals surface area contributed by atoms with Gasteiger partial charge in [0, 0.05) is 19.2 Å². The van der Waals surface area contributed by atoms with Crippen molar-refractivity contribution in [1.29, 1.82) is 0 Å². The molecule has 1 rings (SSSR count). The Morgan fingerprint density at radius 1 is 1.16 bits per heavy atom. The third kappa shape index (κ3) is 4.09. The molecule has 2 N–H and O–H groups in total. The van der Waals surface area contributed by atoms with Crippen LogP contribution in [0.1, 0.15) is 27.6 Å². The highest BCUT2D eigenvalue weighted by Gasteiger charge is 2.15. The quantitative estimate of drug-likeness (QED) is 0.815. The highest BCUT2D eigenvalue weighted by atomic mass is 16.4. The summed E-state index contributed by atoms with van der Waals surface area (Å²) in [5.74, 6) is -1.61. The van der Waals surface area contributed by atoms with Gasteiger partial charge in [0.05, 0.1) is 12.1 Å². The highest BCUT2D eigenvalue weighted by Crippen LogP contribution is 2.07. The maximum absolute atomic E-state index is 12.0. The minimum Gasteiger partial charge on any atom is -0.478 e. The number of carbonyl (C=O) groups excluding carboxylic acids is 2. The normalized spacial score (nSPS) is 9.79. The molecular weight excluding hydrogens is 248 g/mol. The summed E-state index contributed by atoms with van der Waals surface area (Å²) in [5.41, 5.74) is 0.458. The number of hydrogen-bond donors (Lipinski definition) is 2. The van der Waals surface area contributed by atoms with Crippen molar-refractivity contribution in [3.8, 4) is 0 Å². The second kappa shape index (κ2) is 6.53. The summed E-state index contributed by atoms with van der Waals surface area (Å²) in [7, 11) is 1.52. The number of nitrogens with zero attached hydrogens (tertiary/aromatic N) is 1. The van der Waals surface area contributed by atoms with E-state index in [9.17, 15) is 14.4 Å². The Kier molecular flexibility index (Phi) is 5.05. The van der Waals surface area contributed by atoms with Crippen LogP contribution in [0.3, 0.4) is 0 Å². The number of carbonyl (C=O) groups is 3. The van der Waals surface area contributed by atoms with Crippen molar-refractivity contribution in [3.05, 3.63) is 35.4 Å². The summed E-state index contributed by atoms with van der Waals surface area (Å²) in [5, 5.41) is 11.3. The molecule has 0 saturated heterocycles. The molecule has 0 aromatic heterocycles. The van der Waals surface area contributed by atoms with Crippen molar-refractivity contribution in [1.82, 2.24) is 10.2 Å². The van der Waals surface area contributed by atoms with Gasteiger partial charge in [0.25, 0.3) is 5.91 Å². The first kappa shape index (κ1) is 14.7. The lowest BCUT2D eigenvalue weighted by atomic mass is 10.1. The number of benzene rings is 1. The van der Waals surface area contributed by atoms with E-state index in [-0.39, 0.29) is 23.9 Å². The molecule has 0 spiro atoms. The average Bonchev–Trinajstić information content (AvgIpc) is 2.38. The third-order valence-electron chi connectivity index (χ3n) is 2.48. The van der Waals surface area contributed by atoms with E-state index >= 15 is 0 Å². The fraction of sp³-hybridized carbons (Fsp3) is 0.308. The van der Waals surface area contributed by atoms with Crippen LogP contribution in [0.25, 0.3) is 0 Å². The summed E-state index contributed by atoms with van der Waals surface area (Å²) in [6.45, 7) is 2.27. The summed E-state index contributed by atoms with van der Waals surface area (Å²) >= 11 is 0. The Hall–Kier alpha value is -2.37. The maximum Gasteiger partial charge on any atom is 0.335 e. The van der Waals surface area contributed by atoms with Gasteiger partial charge in [-0.1, -0.05) is 0 Å². The van der Waals surface area contributed by atoms with Crippen molar-refractivity contribution in [3.63, 3.8) is 0 Å². The zero-order valence-electron chi connectivity index (χ0n) is 10.8. The van der Waals surface area contributed by atoms with Crippen molar-refractivity contribution in [2.45, 2.75) is 6.92 Å². The van der Waals surface area contributed by atoms with Gasteiger partial charge in [0.15, 0.2) is 0 Å². The lowest BCUT2D eigenvalue weighted by Crippen LogP contribution is -2.38. The van der Waals surface area contributed by atoms with E-state index in [2.05, 4.69) is 5.32 Å². The van der Waals surface area contributed by atoms with Crippen LogP contribution < -0.4 is 5.32 Å². The van der Waals surface area contributed by atoms with Gasteiger partial charge in [0.2, 0.25) is 5.91 Å². The first-order valence-electron chi connectivity index (χ1n) is 5.81. The molecule has 0 bridgehead atoms. The first-order valence-corrected chi connectivity index (χ1v) is 5.81. The Bertz CT molecular complexity index is 482. The van der Waals surface area contributed by atoms with Crippen LogP contribution in [-0.2, 0) is 4.79 Å². The molecule has 1 aromatic rings. The van der Waals surface area contributed by atoms with Crippen LogP contribution in [0.2, 0.25) is 0 Å². The van der Waals surface area contributed by atoms with Crippen molar-refractivity contribution in [2.75, 3.05) is 20.1 Å². The molecule has 0 radical (unpaired) electrons. The SMILES string of the molecule is CCNC(=O)CN(C)C(=O)c1ccc(C(=O)O)cc1. The number of carboxylic acid groups (broad SMARTS) is 1. The van der Waals surface area contributed by atoms with Gasteiger partial charge >= 0.3 is 5.97 Å². The summed E-state index contributed by atoms with van der Waals surface area (Å²) < 4.78 is 0. The molecule has 102 valence electrons. The molecule has 2 amide bonds. The molecule has 6 heteroatoms. The topological polar surface area (TPSA) is 86.7 Å². The van der Waals surface area contributed by atoms with E-state index in [0.717, 1.165) is 0 Å². The number of rotatable bonds is 5. The number of likely N-dealkylation sites (N-methyl/N-ethyl adjacent to an activating group) is 2.